The van der Waals surface area contributed by atoms with Gasteiger partial charge in [0.25, 0.3) is 0 Å². The summed E-state index contributed by atoms with van der Waals surface area (Å²) < 4.78 is 12.1. The molecule has 0 atom stereocenters. The Morgan fingerprint density at radius 3 is 1.61 bits per heavy atom. The third-order valence-corrected chi connectivity index (χ3v) is 7.93. The van der Waals surface area contributed by atoms with Gasteiger partial charge in [0.1, 0.15) is 11.5 Å². The summed E-state index contributed by atoms with van der Waals surface area (Å²) in [7, 11) is 0. The summed E-state index contributed by atoms with van der Waals surface area (Å²) in [6.07, 6.45) is 20.8. The van der Waals surface area contributed by atoms with Gasteiger partial charge in [0.05, 0.1) is 13.2 Å². The second-order valence-corrected chi connectivity index (χ2v) is 10.5. The highest BCUT2D eigenvalue weighted by Crippen LogP contribution is 2.34. The third-order valence-electron chi connectivity index (χ3n) is 7.93. The Hall–Kier alpha value is -1.18. The van der Waals surface area contributed by atoms with E-state index in [1.165, 1.54) is 96.3 Å². The fourth-order valence-corrected chi connectivity index (χ4v) is 5.80. The maximum Gasteiger partial charge on any atom is 0.119 e. The first kappa shape index (κ1) is 24.5. The lowest BCUT2D eigenvalue weighted by atomic mass is 9.78. The van der Waals surface area contributed by atoms with Crippen molar-refractivity contribution in [1.82, 2.24) is 0 Å². The molecule has 0 unspecified atom stereocenters. The lowest BCUT2D eigenvalue weighted by molar-refractivity contribution is 0.178. The number of hydrogen-bond donors (Lipinski definition) is 0. The first-order valence-electron chi connectivity index (χ1n) is 13.6. The highest BCUT2D eigenvalue weighted by Gasteiger charge is 2.21. The molecule has 0 spiro atoms. The zero-order chi connectivity index (χ0) is 21.7. The minimum atomic E-state index is 0.741. The van der Waals surface area contributed by atoms with Crippen LogP contribution in [0.2, 0.25) is 0 Å². The fourth-order valence-electron chi connectivity index (χ4n) is 5.80. The van der Waals surface area contributed by atoms with Gasteiger partial charge in [-0.25, -0.2) is 0 Å². The number of benzene rings is 1. The molecule has 0 heterocycles. The molecule has 2 fully saturated rings. The summed E-state index contributed by atoms with van der Waals surface area (Å²) in [6, 6.07) is 8.31. The van der Waals surface area contributed by atoms with E-state index in [1.807, 2.05) is 0 Å². The molecule has 3 rings (SSSR count). The fraction of sp³-hybridized carbons (Fsp3) is 0.793. The molecule has 2 heteroatoms. The zero-order valence-corrected chi connectivity index (χ0v) is 20.5. The highest BCUT2D eigenvalue weighted by atomic mass is 16.5. The molecule has 0 aromatic heterocycles. The van der Waals surface area contributed by atoms with E-state index in [0.717, 1.165) is 48.4 Å². The van der Waals surface area contributed by atoms with Crippen molar-refractivity contribution in [2.24, 2.45) is 23.7 Å². The highest BCUT2D eigenvalue weighted by molar-refractivity contribution is 5.31. The summed E-state index contributed by atoms with van der Waals surface area (Å²) in [5.74, 6) is 5.64. The number of hydrogen-bond acceptors (Lipinski definition) is 2. The summed E-state index contributed by atoms with van der Waals surface area (Å²) >= 11 is 0. The van der Waals surface area contributed by atoms with Gasteiger partial charge in [-0.3, -0.25) is 0 Å². The second-order valence-electron chi connectivity index (χ2n) is 10.5. The Bertz CT molecular complexity index is 565. The molecule has 0 aliphatic heterocycles. The van der Waals surface area contributed by atoms with Crippen LogP contribution >= 0.6 is 0 Å². The molecular weight excluding hydrogens is 380 g/mol. The monoisotopic (exact) mass is 428 g/mol. The topological polar surface area (TPSA) is 18.5 Å². The van der Waals surface area contributed by atoms with Crippen LogP contribution in [0.15, 0.2) is 24.3 Å². The van der Waals surface area contributed by atoms with Crippen molar-refractivity contribution in [3.63, 3.8) is 0 Å². The molecular formula is C29H48O2. The van der Waals surface area contributed by atoms with Crippen LogP contribution in [0.1, 0.15) is 110 Å². The normalized spacial score (nSPS) is 26.5. The van der Waals surface area contributed by atoms with Gasteiger partial charge in [-0.05, 0) is 73.6 Å². The Morgan fingerprint density at radius 2 is 1.06 bits per heavy atom. The Kier molecular flexibility index (Phi) is 11.1. The molecule has 0 N–H and O–H groups in total. The Morgan fingerprint density at radius 1 is 0.581 bits per heavy atom. The van der Waals surface area contributed by atoms with Crippen LogP contribution in [0.3, 0.4) is 0 Å². The first-order valence-corrected chi connectivity index (χ1v) is 13.6. The smallest absolute Gasteiger partial charge is 0.119 e. The van der Waals surface area contributed by atoms with Crippen molar-refractivity contribution in [2.75, 3.05) is 13.2 Å². The first-order chi connectivity index (χ1) is 15.3. The van der Waals surface area contributed by atoms with Gasteiger partial charge in [-0.1, -0.05) is 84.5 Å². The Labute approximate surface area is 192 Å². The molecule has 2 aliphatic carbocycles. The molecule has 0 amide bonds. The molecule has 2 aliphatic rings. The van der Waals surface area contributed by atoms with Gasteiger partial charge in [0, 0.05) is 0 Å². The molecule has 2 saturated carbocycles. The number of ether oxygens (including phenoxy) is 2. The number of rotatable bonds is 13. The standard InChI is InChI=1S/C29H48O2/c1-3-5-8-25-10-12-26(13-11-25)9-6-22-30-28-18-20-29(21-19-28)31-23-27-16-14-24(7-4-2)15-17-27/h18-21,24-27H,3-17,22-23H2,1-2H3. The zero-order valence-electron chi connectivity index (χ0n) is 20.5. The average molecular weight is 429 g/mol. The van der Waals surface area contributed by atoms with E-state index < -0.39 is 0 Å². The summed E-state index contributed by atoms with van der Waals surface area (Å²) in [5, 5.41) is 0. The predicted molar refractivity (Wildman–Crippen MR) is 132 cm³/mol. The van der Waals surface area contributed by atoms with Crippen molar-refractivity contribution in [3.05, 3.63) is 24.3 Å². The van der Waals surface area contributed by atoms with E-state index in [2.05, 4.69) is 38.1 Å². The average Bonchev–Trinajstić information content (AvgIpc) is 2.82. The van der Waals surface area contributed by atoms with Gasteiger partial charge in [0.15, 0.2) is 0 Å². The van der Waals surface area contributed by atoms with Crippen LogP contribution in [0, 0.1) is 23.7 Å². The van der Waals surface area contributed by atoms with E-state index in [1.54, 1.807) is 0 Å². The van der Waals surface area contributed by atoms with E-state index >= 15 is 0 Å². The van der Waals surface area contributed by atoms with Crippen LogP contribution in [0.5, 0.6) is 11.5 Å². The molecule has 1 aromatic carbocycles. The van der Waals surface area contributed by atoms with Crippen molar-refractivity contribution in [1.29, 1.82) is 0 Å². The lowest BCUT2D eigenvalue weighted by Gasteiger charge is -2.28. The van der Waals surface area contributed by atoms with E-state index in [0.29, 0.717) is 0 Å². The molecule has 1 aromatic rings. The predicted octanol–water partition coefficient (Wildman–Crippen LogP) is 8.83. The maximum atomic E-state index is 6.08. The van der Waals surface area contributed by atoms with E-state index in [-0.39, 0.29) is 0 Å². The van der Waals surface area contributed by atoms with Crippen LogP contribution in [0.4, 0.5) is 0 Å². The van der Waals surface area contributed by atoms with Gasteiger partial charge in [-0.2, -0.15) is 0 Å². The maximum absolute atomic E-state index is 6.08. The van der Waals surface area contributed by atoms with Crippen LogP contribution in [-0.4, -0.2) is 13.2 Å². The van der Waals surface area contributed by atoms with Crippen LogP contribution < -0.4 is 9.47 Å². The van der Waals surface area contributed by atoms with E-state index in [9.17, 15) is 0 Å². The minimum Gasteiger partial charge on any atom is -0.494 e. The van der Waals surface area contributed by atoms with Gasteiger partial charge < -0.3 is 9.47 Å². The van der Waals surface area contributed by atoms with Gasteiger partial charge in [-0.15, -0.1) is 0 Å². The van der Waals surface area contributed by atoms with Crippen molar-refractivity contribution >= 4 is 0 Å². The largest absolute Gasteiger partial charge is 0.494 e. The van der Waals surface area contributed by atoms with Crippen molar-refractivity contribution < 1.29 is 9.47 Å². The van der Waals surface area contributed by atoms with Crippen molar-refractivity contribution in [3.8, 4) is 11.5 Å². The quantitative estimate of drug-likeness (QED) is 0.292. The van der Waals surface area contributed by atoms with Crippen LogP contribution in [-0.2, 0) is 0 Å². The molecule has 31 heavy (non-hydrogen) atoms. The third kappa shape index (κ3) is 9.07. The van der Waals surface area contributed by atoms with Gasteiger partial charge in [0.2, 0.25) is 0 Å². The second kappa shape index (κ2) is 14.1. The number of unbranched alkanes of at least 4 members (excludes halogenated alkanes) is 1. The molecule has 176 valence electrons. The molecule has 0 bridgehead atoms. The minimum absolute atomic E-state index is 0.741. The Balaban J connectivity index is 1.24. The summed E-state index contributed by atoms with van der Waals surface area (Å²) in [4.78, 5) is 0. The molecule has 0 radical (unpaired) electrons. The summed E-state index contributed by atoms with van der Waals surface area (Å²) in [5.41, 5.74) is 0. The van der Waals surface area contributed by atoms with Gasteiger partial charge >= 0.3 is 0 Å². The molecule has 2 nitrogen and oxygen atoms in total. The molecule has 0 saturated heterocycles. The van der Waals surface area contributed by atoms with Crippen molar-refractivity contribution in [2.45, 2.75) is 110 Å². The lowest BCUT2D eigenvalue weighted by Crippen LogP contribution is -2.20. The van der Waals surface area contributed by atoms with Crippen LogP contribution in [0.25, 0.3) is 0 Å². The summed E-state index contributed by atoms with van der Waals surface area (Å²) in [6.45, 7) is 6.34. The SMILES string of the molecule is CCCCC1CCC(CCCOc2ccc(OCC3CCC(CCC)CC3)cc2)CC1. The van der Waals surface area contributed by atoms with E-state index in [4.69, 9.17) is 9.47 Å².